The van der Waals surface area contributed by atoms with Gasteiger partial charge in [0, 0.05) is 67.1 Å². The summed E-state index contributed by atoms with van der Waals surface area (Å²) >= 11 is 0. The van der Waals surface area contributed by atoms with Gasteiger partial charge in [-0.25, -0.2) is 9.50 Å². The van der Waals surface area contributed by atoms with Gasteiger partial charge in [0.1, 0.15) is 11.9 Å². The molecule has 3 saturated heterocycles. The first-order valence-corrected chi connectivity index (χ1v) is 15.1. The summed E-state index contributed by atoms with van der Waals surface area (Å²) in [5, 5.41) is 23.3. The first-order chi connectivity index (χ1) is 20.8. The number of aryl methyl sites for hydroxylation is 2. The van der Waals surface area contributed by atoms with Crippen LogP contribution in [0.15, 0.2) is 55.1 Å². The van der Waals surface area contributed by atoms with Crippen LogP contribution in [0.1, 0.15) is 55.0 Å². The topological polar surface area (TPSA) is 97.1 Å². The number of aromatic nitrogens is 4. The smallest absolute Gasteiger partial charge is 0.128 e. The fourth-order valence-electron chi connectivity index (χ4n) is 7.35. The van der Waals surface area contributed by atoms with Crippen molar-refractivity contribution in [3.8, 4) is 23.3 Å². The van der Waals surface area contributed by atoms with Gasteiger partial charge < -0.3 is 4.90 Å². The van der Waals surface area contributed by atoms with E-state index in [-0.39, 0.29) is 0 Å². The van der Waals surface area contributed by atoms with Gasteiger partial charge >= 0.3 is 0 Å². The Morgan fingerprint density at radius 2 is 1.81 bits per heavy atom. The summed E-state index contributed by atoms with van der Waals surface area (Å²) in [4.78, 5) is 14.4. The minimum Gasteiger partial charge on any atom is -0.353 e. The van der Waals surface area contributed by atoms with Gasteiger partial charge in [0.25, 0.3) is 0 Å². The molecule has 4 radical (unpaired) electrons. The van der Waals surface area contributed by atoms with E-state index in [2.05, 4.69) is 69.3 Å². The van der Waals surface area contributed by atoms with Crippen LogP contribution >= 0.6 is 0 Å². The van der Waals surface area contributed by atoms with Crippen LogP contribution in [0, 0.1) is 28.1 Å². The van der Waals surface area contributed by atoms with E-state index in [0.29, 0.717) is 43.3 Å². The monoisotopic (exact) mass is 562 g/mol. The van der Waals surface area contributed by atoms with Crippen LogP contribution in [0.25, 0.3) is 16.6 Å². The van der Waals surface area contributed by atoms with Crippen LogP contribution < -0.4 is 4.90 Å². The number of rotatable bonds is 8. The first kappa shape index (κ1) is 27.7. The minimum absolute atomic E-state index is 0.495. The molecule has 1 aliphatic carbocycles. The predicted octanol–water partition coefficient (Wildman–Crippen LogP) is 4.38. The second kappa shape index (κ2) is 10.5. The standard InChI is InChI=1S/C33H32B2N8/c1-2-26-5-3-23(12-38-26)15-42-27-10-28(42)18-41(17-27)30-6-4-24(13-39-30)29-9-22(16-43-31(29)25(11-36)14-40-43)7-8-32(21-37)19-33(34,35)20-32/h3-6,9,12-14,16,27-28H,2,7-8,10,15,17-20H2,1H3. The number of hydrogen-bond acceptors (Lipinski definition) is 7. The molecule has 0 aromatic carbocycles. The van der Waals surface area contributed by atoms with Crippen LogP contribution in [0.5, 0.6) is 0 Å². The van der Waals surface area contributed by atoms with E-state index >= 15 is 0 Å². The van der Waals surface area contributed by atoms with Crippen molar-refractivity contribution in [3.63, 3.8) is 0 Å². The largest absolute Gasteiger partial charge is 0.353 e. The van der Waals surface area contributed by atoms with Gasteiger partial charge in [0.2, 0.25) is 0 Å². The number of nitriles is 2. The van der Waals surface area contributed by atoms with Crippen molar-refractivity contribution in [2.75, 3.05) is 18.0 Å². The van der Waals surface area contributed by atoms with Crippen molar-refractivity contribution in [1.82, 2.24) is 24.5 Å². The van der Waals surface area contributed by atoms with Crippen molar-refractivity contribution >= 4 is 27.0 Å². The summed E-state index contributed by atoms with van der Waals surface area (Å²) in [5.74, 6) is 0.973. The lowest BCUT2D eigenvalue weighted by atomic mass is 9.36. The number of fused-ring (bicyclic) bond motifs is 3. The Morgan fingerprint density at radius 3 is 2.44 bits per heavy atom. The summed E-state index contributed by atoms with van der Waals surface area (Å²) < 4.78 is 1.77. The molecule has 10 heteroatoms. The highest BCUT2D eigenvalue weighted by Gasteiger charge is 2.48. The summed E-state index contributed by atoms with van der Waals surface area (Å²) in [6.45, 7) is 4.99. The van der Waals surface area contributed by atoms with Gasteiger partial charge in [-0.1, -0.05) is 18.2 Å². The molecule has 7 heterocycles. The lowest BCUT2D eigenvalue weighted by Gasteiger charge is -2.56. The number of anilines is 1. The molecule has 8 nitrogen and oxygen atoms in total. The van der Waals surface area contributed by atoms with Gasteiger partial charge in [-0.3, -0.25) is 9.88 Å². The molecule has 3 aliphatic heterocycles. The second-order valence-corrected chi connectivity index (χ2v) is 12.7. The molecule has 4 fully saturated rings. The zero-order valence-electron chi connectivity index (χ0n) is 24.4. The van der Waals surface area contributed by atoms with Crippen molar-refractivity contribution < 1.29 is 0 Å². The average molecular weight is 562 g/mol. The number of piperazine rings is 1. The zero-order chi connectivity index (χ0) is 29.8. The molecule has 4 aromatic heterocycles. The maximum atomic E-state index is 9.81. The number of pyridine rings is 3. The predicted molar refractivity (Wildman–Crippen MR) is 167 cm³/mol. The minimum atomic E-state index is -0.757. The molecule has 4 aliphatic rings. The maximum Gasteiger partial charge on any atom is 0.128 e. The molecule has 43 heavy (non-hydrogen) atoms. The first-order valence-electron chi connectivity index (χ1n) is 15.1. The lowest BCUT2D eigenvalue weighted by Crippen LogP contribution is -2.68. The molecule has 210 valence electrons. The zero-order valence-corrected chi connectivity index (χ0v) is 24.4. The molecule has 8 rings (SSSR count). The summed E-state index contributed by atoms with van der Waals surface area (Å²) in [5.41, 5.74) is 6.07. The summed E-state index contributed by atoms with van der Waals surface area (Å²) in [6, 6.07) is 16.4. The number of hydrogen-bond donors (Lipinski definition) is 0. The Morgan fingerprint density at radius 1 is 1.00 bits per heavy atom. The highest BCUT2D eigenvalue weighted by atomic mass is 15.4. The normalized spacial score (nSPS) is 21.9. The molecule has 0 spiro atoms. The fraction of sp³-hybridized carbons (Fsp3) is 0.424. The van der Waals surface area contributed by atoms with Crippen molar-refractivity contribution in [1.29, 1.82) is 10.5 Å². The quantitative estimate of drug-likeness (QED) is 0.294. The molecular weight excluding hydrogens is 530 g/mol. The molecule has 0 N–H and O–H groups in total. The van der Waals surface area contributed by atoms with Gasteiger partial charge in [-0.2, -0.15) is 15.6 Å². The lowest BCUT2D eigenvalue weighted by molar-refractivity contribution is -0.00875. The van der Waals surface area contributed by atoms with E-state index in [1.165, 1.54) is 12.0 Å². The van der Waals surface area contributed by atoms with E-state index < -0.39 is 10.6 Å². The third-order valence-electron chi connectivity index (χ3n) is 9.59. The second-order valence-electron chi connectivity index (χ2n) is 12.7. The van der Waals surface area contributed by atoms with Crippen LogP contribution in [-0.2, 0) is 19.4 Å². The Balaban J connectivity index is 1.08. The third-order valence-corrected chi connectivity index (χ3v) is 9.59. The van der Waals surface area contributed by atoms with Crippen molar-refractivity contribution in [2.24, 2.45) is 5.41 Å². The molecule has 2 bridgehead atoms. The molecule has 2 unspecified atom stereocenters. The Bertz CT molecular complexity index is 1730. The SMILES string of the molecule is [B]C1([B])CC(C#N)(CCc2cc(-c3ccc(N4CC5CC(C4)N5Cc4ccc(CC)nc4)nc3)c3c(C#N)cnn3c2)C1. The number of nitrogens with zero attached hydrogens (tertiary/aromatic N) is 8. The van der Waals surface area contributed by atoms with Gasteiger partial charge in [-0.15, -0.1) is 0 Å². The molecule has 0 amide bonds. The van der Waals surface area contributed by atoms with Crippen LogP contribution in [-0.4, -0.2) is 65.3 Å². The van der Waals surface area contributed by atoms with Crippen molar-refractivity contribution in [2.45, 2.75) is 69.3 Å². The van der Waals surface area contributed by atoms with Crippen LogP contribution in [0.2, 0.25) is 5.21 Å². The summed E-state index contributed by atoms with van der Waals surface area (Å²) in [6.07, 6.45) is 12.0. The van der Waals surface area contributed by atoms with Gasteiger partial charge in [0.05, 0.1) is 44.5 Å². The average Bonchev–Trinajstić information content (AvgIpc) is 3.44. The molecule has 4 aromatic rings. The van der Waals surface area contributed by atoms with E-state index in [9.17, 15) is 10.5 Å². The highest BCUT2D eigenvalue weighted by molar-refractivity contribution is 6.40. The van der Waals surface area contributed by atoms with E-state index in [0.717, 1.165) is 59.8 Å². The molecule has 1 saturated carbocycles. The van der Waals surface area contributed by atoms with Crippen molar-refractivity contribution in [3.05, 3.63) is 77.5 Å². The third kappa shape index (κ3) is 5.08. The Labute approximate surface area is 255 Å². The Kier molecular flexibility index (Phi) is 6.78. The van der Waals surface area contributed by atoms with E-state index in [1.807, 2.05) is 18.6 Å². The van der Waals surface area contributed by atoms with E-state index in [1.54, 1.807) is 10.7 Å². The van der Waals surface area contributed by atoms with E-state index in [4.69, 9.17) is 20.7 Å². The van der Waals surface area contributed by atoms with Crippen LogP contribution in [0.3, 0.4) is 0 Å². The van der Waals surface area contributed by atoms with Gasteiger partial charge in [0.15, 0.2) is 0 Å². The highest BCUT2D eigenvalue weighted by Crippen LogP contribution is 2.57. The number of piperidine rings is 1. The van der Waals surface area contributed by atoms with Crippen LogP contribution in [0.4, 0.5) is 5.82 Å². The fourth-order valence-corrected chi connectivity index (χ4v) is 7.35. The van der Waals surface area contributed by atoms with Gasteiger partial charge in [-0.05, 0) is 73.9 Å². The maximum absolute atomic E-state index is 9.81. The summed E-state index contributed by atoms with van der Waals surface area (Å²) in [7, 11) is 12.0. The molecule has 2 atom stereocenters. The Hall–Kier alpha value is -4.14. The molecular formula is C33H32B2N8.